The van der Waals surface area contributed by atoms with Crippen molar-refractivity contribution in [2.24, 2.45) is 10.7 Å². The van der Waals surface area contributed by atoms with E-state index in [9.17, 15) is 4.21 Å². The summed E-state index contributed by atoms with van der Waals surface area (Å²) in [5.41, 5.74) is 7.00. The fourth-order valence-electron chi connectivity index (χ4n) is 1.99. The molecular formula is C14H21N3O2S. The lowest BCUT2D eigenvalue weighted by Crippen LogP contribution is -2.45. The van der Waals surface area contributed by atoms with Crippen molar-refractivity contribution in [3.05, 3.63) is 35.9 Å². The van der Waals surface area contributed by atoms with Gasteiger partial charge in [0.1, 0.15) is 0 Å². The van der Waals surface area contributed by atoms with Gasteiger partial charge in [-0.15, -0.1) is 0 Å². The van der Waals surface area contributed by atoms with E-state index in [1.54, 1.807) is 0 Å². The van der Waals surface area contributed by atoms with Gasteiger partial charge in [0.05, 0.1) is 19.8 Å². The van der Waals surface area contributed by atoms with Crippen LogP contribution in [0.5, 0.6) is 0 Å². The van der Waals surface area contributed by atoms with Crippen LogP contribution in [0, 0.1) is 0 Å². The van der Waals surface area contributed by atoms with Crippen molar-refractivity contribution in [1.82, 2.24) is 4.90 Å². The third-order valence-corrected chi connectivity index (χ3v) is 4.39. The van der Waals surface area contributed by atoms with E-state index in [-0.39, 0.29) is 0 Å². The molecule has 1 saturated heterocycles. The minimum absolute atomic E-state index is 0.503. The average Bonchev–Trinajstić information content (AvgIpc) is 2.49. The van der Waals surface area contributed by atoms with E-state index in [1.165, 1.54) is 0 Å². The highest BCUT2D eigenvalue weighted by atomic mass is 32.2. The van der Waals surface area contributed by atoms with Crippen LogP contribution in [-0.4, -0.2) is 53.7 Å². The highest BCUT2D eigenvalue weighted by Crippen LogP contribution is 2.03. The summed E-state index contributed by atoms with van der Waals surface area (Å²) in [4.78, 5) is 6.30. The van der Waals surface area contributed by atoms with Crippen LogP contribution in [0.25, 0.3) is 0 Å². The first-order chi connectivity index (χ1) is 9.75. The van der Waals surface area contributed by atoms with Gasteiger partial charge in [-0.1, -0.05) is 30.3 Å². The van der Waals surface area contributed by atoms with Crippen LogP contribution < -0.4 is 5.73 Å². The Bertz CT molecular complexity index is 459. The number of morpholine rings is 1. The molecule has 0 saturated carbocycles. The summed E-state index contributed by atoms with van der Waals surface area (Å²) >= 11 is 0. The van der Waals surface area contributed by atoms with Crippen molar-refractivity contribution >= 4 is 16.8 Å². The van der Waals surface area contributed by atoms with Gasteiger partial charge >= 0.3 is 0 Å². The molecule has 0 spiro atoms. The maximum Gasteiger partial charge on any atom is 0.191 e. The maximum atomic E-state index is 11.9. The van der Waals surface area contributed by atoms with Crippen molar-refractivity contribution in [1.29, 1.82) is 0 Å². The zero-order valence-corrected chi connectivity index (χ0v) is 12.3. The normalized spacial score (nSPS) is 18.0. The number of hydrogen-bond donors (Lipinski definition) is 1. The molecule has 2 N–H and O–H groups in total. The lowest BCUT2D eigenvalue weighted by Gasteiger charge is -2.27. The molecule has 1 aliphatic rings. The maximum absolute atomic E-state index is 11.9. The third kappa shape index (κ3) is 4.94. The quantitative estimate of drug-likeness (QED) is 0.637. The Morgan fingerprint density at radius 1 is 1.30 bits per heavy atom. The number of rotatable bonds is 5. The highest BCUT2D eigenvalue weighted by molar-refractivity contribution is 7.84. The Labute approximate surface area is 122 Å². The number of hydrogen-bond acceptors (Lipinski definition) is 3. The fraction of sp³-hybridized carbons (Fsp3) is 0.500. The standard InChI is InChI=1S/C14H21N3O2S/c15-14(17-7-9-19-10-8-17)16-6-11-20(18)12-13-4-2-1-3-5-13/h1-5H,6-12H2,(H2,15,16). The zero-order valence-electron chi connectivity index (χ0n) is 11.5. The molecule has 1 aromatic carbocycles. The van der Waals surface area contributed by atoms with Crippen molar-refractivity contribution in [3.63, 3.8) is 0 Å². The van der Waals surface area contributed by atoms with Gasteiger partial charge in [0, 0.05) is 35.4 Å². The lowest BCUT2D eigenvalue weighted by atomic mass is 10.2. The van der Waals surface area contributed by atoms with E-state index >= 15 is 0 Å². The van der Waals surface area contributed by atoms with Crippen molar-refractivity contribution in [2.75, 3.05) is 38.6 Å². The number of nitrogens with zero attached hydrogens (tertiary/aromatic N) is 2. The van der Waals surface area contributed by atoms with Gasteiger partial charge in [-0.2, -0.15) is 0 Å². The Morgan fingerprint density at radius 2 is 2.00 bits per heavy atom. The monoisotopic (exact) mass is 295 g/mol. The largest absolute Gasteiger partial charge is 0.378 e. The zero-order chi connectivity index (χ0) is 14.2. The number of guanidine groups is 1. The number of ether oxygens (including phenoxy) is 1. The molecule has 1 aromatic rings. The number of nitrogens with two attached hydrogens (primary N) is 1. The predicted molar refractivity (Wildman–Crippen MR) is 82.0 cm³/mol. The second-order valence-corrected chi connectivity index (χ2v) is 6.19. The molecule has 0 aromatic heterocycles. The van der Waals surface area contributed by atoms with E-state index < -0.39 is 10.8 Å². The molecule has 6 heteroatoms. The molecule has 1 atom stereocenters. The minimum Gasteiger partial charge on any atom is -0.378 e. The fourth-order valence-corrected chi connectivity index (χ4v) is 2.99. The Hall–Kier alpha value is -1.40. The van der Waals surface area contributed by atoms with Crippen LogP contribution in [0.15, 0.2) is 35.3 Å². The first kappa shape index (κ1) is 15.0. The average molecular weight is 295 g/mol. The summed E-state index contributed by atoms with van der Waals surface area (Å²) in [5.74, 6) is 1.65. The molecule has 5 nitrogen and oxygen atoms in total. The number of benzene rings is 1. The van der Waals surface area contributed by atoms with Gasteiger partial charge in [0.15, 0.2) is 5.96 Å². The molecule has 0 aliphatic carbocycles. The van der Waals surface area contributed by atoms with Crippen molar-refractivity contribution in [2.45, 2.75) is 5.75 Å². The molecule has 110 valence electrons. The first-order valence-corrected chi connectivity index (χ1v) is 8.26. The second kappa shape index (κ2) is 8.01. The topological polar surface area (TPSA) is 67.9 Å². The number of aliphatic imine (C=N–C) groups is 1. The van der Waals surface area contributed by atoms with Crippen LogP contribution >= 0.6 is 0 Å². The Balaban J connectivity index is 1.73. The van der Waals surface area contributed by atoms with Crippen LogP contribution in [0.1, 0.15) is 5.56 Å². The summed E-state index contributed by atoms with van der Waals surface area (Å²) in [6.45, 7) is 3.44. The SMILES string of the molecule is NC(=NCCS(=O)Cc1ccccc1)N1CCOCC1. The van der Waals surface area contributed by atoms with Gasteiger partial charge in [-0.05, 0) is 5.56 Å². The van der Waals surface area contributed by atoms with E-state index in [0.29, 0.717) is 37.2 Å². The van der Waals surface area contributed by atoms with Crippen LogP contribution in [0.4, 0.5) is 0 Å². The second-order valence-electron chi connectivity index (χ2n) is 4.61. The molecule has 1 heterocycles. The summed E-state index contributed by atoms with van der Waals surface area (Å²) < 4.78 is 17.2. The molecular weight excluding hydrogens is 274 g/mol. The third-order valence-electron chi connectivity index (χ3n) is 3.10. The van der Waals surface area contributed by atoms with Crippen molar-refractivity contribution < 1.29 is 8.95 Å². The highest BCUT2D eigenvalue weighted by Gasteiger charge is 2.11. The van der Waals surface area contributed by atoms with Crippen LogP contribution in [0.3, 0.4) is 0 Å². The summed E-state index contributed by atoms with van der Waals surface area (Å²) in [6, 6.07) is 9.86. The van der Waals surface area contributed by atoms with Gasteiger partial charge in [0.25, 0.3) is 0 Å². The predicted octanol–water partition coefficient (Wildman–Crippen LogP) is 0.582. The molecule has 1 unspecified atom stereocenters. The van der Waals surface area contributed by atoms with Crippen molar-refractivity contribution in [3.8, 4) is 0 Å². The molecule has 20 heavy (non-hydrogen) atoms. The molecule has 2 rings (SSSR count). The minimum atomic E-state index is -0.898. The smallest absolute Gasteiger partial charge is 0.191 e. The van der Waals surface area contributed by atoms with Gasteiger partial charge in [-0.3, -0.25) is 9.20 Å². The summed E-state index contributed by atoms with van der Waals surface area (Å²) in [6.07, 6.45) is 0. The van der Waals surface area contributed by atoms with E-state index in [2.05, 4.69) is 4.99 Å². The Morgan fingerprint density at radius 3 is 2.70 bits per heavy atom. The van der Waals surface area contributed by atoms with E-state index in [4.69, 9.17) is 10.5 Å². The van der Waals surface area contributed by atoms with Gasteiger partial charge < -0.3 is 15.4 Å². The molecule has 1 fully saturated rings. The summed E-state index contributed by atoms with van der Waals surface area (Å²) in [7, 11) is -0.898. The van der Waals surface area contributed by atoms with Crippen LogP contribution in [-0.2, 0) is 21.3 Å². The van der Waals surface area contributed by atoms with E-state index in [0.717, 1.165) is 18.7 Å². The van der Waals surface area contributed by atoms with Gasteiger partial charge in [0.2, 0.25) is 0 Å². The lowest BCUT2D eigenvalue weighted by molar-refractivity contribution is 0.0674. The van der Waals surface area contributed by atoms with Crippen LogP contribution in [0.2, 0.25) is 0 Å². The van der Waals surface area contributed by atoms with Gasteiger partial charge in [-0.25, -0.2) is 0 Å². The first-order valence-electron chi connectivity index (χ1n) is 6.77. The van der Waals surface area contributed by atoms with E-state index in [1.807, 2.05) is 35.2 Å². The molecule has 0 bridgehead atoms. The molecule has 0 radical (unpaired) electrons. The summed E-state index contributed by atoms with van der Waals surface area (Å²) in [5, 5.41) is 0. The molecule has 1 aliphatic heterocycles. The Kier molecular flexibility index (Phi) is 6.01. The molecule has 0 amide bonds.